The Morgan fingerprint density at radius 1 is 1.32 bits per heavy atom. The second-order valence-corrected chi connectivity index (χ2v) is 4.76. The summed E-state index contributed by atoms with van der Waals surface area (Å²) in [6.45, 7) is 2.09. The largest absolute Gasteiger partial charge is 0.345 e. The number of aromatic amines is 1. The van der Waals surface area contributed by atoms with Crippen LogP contribution in [0.5, 0.6) is 0 Å². The zero-order valence-corrected chi connectivity index (χ0v) is 11.2. The van der Waals surface area contributed by atoms with Gasteiger partial charge in [-0.25, -0.2) is 4.98 Å². The minimum atomic E-state index is 0. The normalized spacial score (nSPS) is 19.7. The van der Waals surface area contributed by atoms with Crippen LogP contribution in [-0.2, 0) is 0 Å². The van der Waals surface area contributed by atoms with E-state index in [0.717, 1.165) is 35.7 Å². The van der Waals surface area contributed by atoms with Gasteiger partial charge in [-0.05, 0) is 25.5 Å². The summed E-state index contributed by atoms with van der Waals surface area (Å²) in [6, 6.07) is 2.03. The number of rotatable bonds is 1. The van der Waals surface area contributed by atoms with E-state index < -0.39 is 0 Å². The second-order valence-electron chi connectivity index (χ2n) is 4.76. The van der Waals surface area contributed by atoms with Crippen LogP contribution >= 0.6 is 12.4 Å². The van der Waals surface area contributed by atoms with Gasteiger partial charge in [0.25, 0.3) is 0 Å². The molecule has 0 radical (unpaired) electrons. The summed E-state index contributed by atoms with van der Waals surface area (Å²) in [4.78, 5) is 7.46. The second kappa shape index (κ2) is 4.79. The number of hydrogen-bond acceptors (Lipinski definition) is 4. The molecule has 1 aliphatic heterocycles. The van der Waals surface area contributed by atoms with Gasteiger partial charge in [0.05, 0.1) is 11.7 Å². The molecule has 1 saturated heterocycles. The van der Waals surface area contributed by atoms with Crippen molar-refractivity contribution in [3.63, 3.8) is 0 Å². The highest BCUT2D eigenvalue weighted by Crippen LogP contribution is 2.24. The minimum Gasteiger partial charge on any atom is -0.345 e. The van der Waals surface area contributed by atoms with E-state index in [2.05, 4.69) is 29.9 Å². The summed E-state index contributed by atoms with van der Waals surface area (Å²) >= 11 is 0. The number of H-pyrrole nitrogens is 1. The Morgan fingerprint density at radius 2 is 2.26 bits per heavy atom. The van der Waals surface area contributed by atoms with Gasteiger partial charge in [-0.1, -0.05) is 0 Å². The molecule has 1 atom stereocenters. The Bertz CT molecular complexity index is 696. The number of halogens is 1. The molecule has 0 bridgehead atoms. The summed E-state index contributed by atoms with van der Waals surface area (Å²) in [5.41, 5.74) is 2.76. The molecule has 3 aromatic rings. The monoisotopic (exact) mass is 278 g/mol. The average molecular weight is 279 g/mol. The van der Waals surface area contributed by atoms with Crippen LogP contribution < -0.4 is 5.32 Å². The van der Waals surface area contributed by atoms with Crippen LogP contribution in [-0.4, -0.2) is 37.7 Å². The molecule has 0 aromatic carbocycles. The Morgan fingerprint density at radius 3 is 3.11 bits per heavy atom. The van der Waals surface area contributed by atoms with Crippen LogP contribution in [0.15, 0.2) is 18.5 Å². The van der Waals surface area contributed by atoms with Gasteiger partial charge in [-0.15, -0.1) is 22.6 Å². The molecule has 19 heavy (non-hydrogen) atoms. The van der Waals surface area contributed by atoms with Crippen molar-refractivity contribution in [2.24, 2.45) is 0 Å². The van der Waals surface area contributed by atoms with Gasteiger partial charge in [-0.2, -0.15) is 0 Å². The van der Waals surface area contributed by atoms with Crippen LogP contribution in [0.25, 0.3) is 16.8 Å². The maximum absolute atomic E-state index is 4.37. The predicted molar refractivity (Wildman–Crippen MR) is 74.7 cm³/mol. The van der Waals surface area contributed by atoms with Crippen molar-refractivity contribution in [2.75, 3.05) is 13.1 Å². The molecule has 1 fully saturated rings. The third kappa shape index (κ3) is 1.87. The summed E-state index contributed by atoms with van der Waals surface area (Å²) in [6.07, 6.45) is 6.04. The quantitative estimate of drug-likeness (QED) is 0.708. The molecule has 7 heteroatoms. The van der Waals surface area contributed by atoms with Gasteiger partial charge in [0.2, 0.25) is 0 Å². The Labute approximate surface area is 116 Å². The van der Waals surface area contributed by atoms with Crippen LogP contribution in [0.2, 0.25) is 0 Å². The van der Waals surface area contributed by atoms with Crippen molar-refractivity contribution in [1.82, 2.24) is 29.9 Å². The summed E-state index contributed by atoms with van der Waals surface area (Å²) in [5, 5.41) is 12.0. The maximum Gasteiger partial charge on any atom is 0.179 e. The van der Waals surface area contributed by atoms with Gasteiger partial charge in [0.15, 0.2) is 11.3 Å². The van der Waals surface area contributed by atoms with Gasteiger partial charge < -0.3 is 10.3 Å². The zero-order chi connectivity index (χ0) is 11.9. The molecule has 3 aromatic heterocycles. The van der Waals surface area contributed by atoms with Crippen LogP contribution in [0, 0.1) is 0 Å². The summed E-state index contributed by atoms with van der Waals surface area (Å²) in [5.74, 6) is 1.48. The highest BCUT2D eigenvalue weighted by atomic mass is 35.5. The summed E-state index contributed by atoms with van der Waals surface area (Å²) < 4.78 is 2.12. The molecule has 4 heterocycles. The SMILES string of the molecule is Cl.c1cc2c(ncc3nnc([C@H]4CCCNC4)n32)[nH]1. The lowest BCUT2D eigenvalue weighted by Gasteiger charge is -2.21. The van der Waals surface area contributed by atoms with E-state index in [9.17, 15) is 0 Å². The number of nitrogens with one attached hydrogen (secondary N) is 2. The molecule has 0 unspecified atom stereocenters. The smallest absolute Gasteiger partial charge is 0.179 e. The minimum absolute atomic E-state index is 0. The third-order valence-electron chi connectivity index (χ3n) is 3.63. The third-order valence-corrected chi connectivity index (χ3v) is 3.63. The average Bonchev–Trinajstić information content (AvgIpc) is 3.05. The first-order chi connectivity index (χ1) is 8.93. The molecule has 2 N–H and O–H groups in total. The zero-order valence-electron chi connectivity index (χ0n) is 10.3. The van der Waals surface area contributed by atoms with Gasteiger partial charge >= 0.3 is 0 Å². The number of hydrogen-bond donors (Lipinski definition) is 2. The van der Waals surface area contributed by atoms with Gasteiger partial charge in [0, 0.05) is 18.7 Å². The molecule has 4 rings (SSSR count). The van der Waals surface area contributed by atoms with Gasteiger partial charge in [0.1, 0.15) is 5.82 Å². The van der Waals surface area contributed by atoms with E-state index >= 15 is 0 Å². The fourth-order valence-electron chi connectivity index (χ4n) is 2.73. The lowest BCUT2D eigenvalue weighted by atomic mass is 9.99. The van der Waals surface area contributed by atoms with E-state index in [1.165, 1.54) is 12.8 Å². The Balaban J connectivity index is 0.00000110. The predicted octanol–water partition coefficient (Wildman–Crippen LogP) is 1.49. The summed E-state index contributed by atoms with van der Waals surface area (Å²) in [7, 11) is 0. The van der Waals surface area contributed by atoms with E-state index in [1.807, 2.05) is 12.3 Å². The first-order valence-electron chi connectivity index (χ1n) is 6.31. The van der Waals surface area contributed by atoms with Crippen molar-refractivity contribution in [3.05, 3.63) is 24.3 Å². The first-order valence-corrected chi connectivity index (χ1v) is 6.31. The van der Waals surface area contributed by atoms with E-state index in [-0.39, 0.29) is 12.4 Å². The first kappa shape index (κ1) is 12.4. The number of aromatic nitrogens is 5. The molecule has 6 nitrogen and oxygen atoms in total. The molecule has 0 spiro atoms. The van der Waals surface area contributed by atoms with Crippen LogP contribution in [0.4, 0.5) is 0 Å². The Hall–Kier alpha value is -1.66. The lowest BCUT2D eigenvalue weighted by molar-refractivity contribution is 0.445. The van der Waals surface area contributed by atoms with Crippen molar-refractivity contribution < 1.29 is 0 Å². The van der Waals surface area contributed by atoms with Crippen LogP contribution in [0.1, 0.15) is 24.6 Å². The number of piperidine rings is 1. The van der Waals surface area contributed by atoms with E-state index in [0.29, 0.717) is 5.92 Å². The van der Waals surface area contributed by atoms with E-state index in [4.69, 9.17) is 0 Å². The fourth-order valence-corrected chi connectivity index (χ4v) is 2.73. The van der Waals surface area contributed by atoms with E-state index in [1.54, 1.807) is 6.20 Å². The van der Waals surface area contributed by atoms with Crippen molar-refractivity contribution >= 4 is 29.2 Å². The molecule has 1 aliphatic rings. The highest BCUT2D eigenvalue weighted by Gasteiger charge is 2.21. The molecular weight excluding hydrogens is 264 g/mol. The van der Waals surface area contributed by atoms with Crippen molar-refractivity contribution in [1.29, 1.82) is 0 Å². The molecule has 0 aliphatic carbocycles. The van der Waals surface area contributed by atoms with Gasteiger partial charge in [-0.3, -0.25) is 4.40 Å². The molecule has 100 valence electrons. The lowest BCUT2D eigenvalue weighted by Crippen LogP contribution is -2.29. The highest BCUT2D eigenvalue weighted by molar-refractivity contribution is 5.85. The Kier molecular flexibility index (Phi) is 3.12. The van der Waals surface area contributed by atoms with Crippen molar-refractivity contribution in [2.45, 2.75) is 18.8 Å². The number of nitrogens with zero attached hydrogens (tertiary/aromatic N) is 4. The molecule has 0 amide bonds. The standard InChI is InChI=1S/C12H14N6.ClH/c1-2-8(6-13-4-1)12-17-16-10-7-15-11-9(18(10)12)3-5-14-11;/h3,5,7-8,13-14H,1-2,4,6H2;1H/t8-;/m0./s1. The van der Waals surface area contributed by atoms with Crippen LogP contribution in [0.3, 0.4) is 0 Å². The number of fused-ring (bicyclic) bond motifs is 3. The fraction of sp³-hybridized carbons (Fsp3) is 0.417. The maximum atomic E-state index is 4.37. The molecule has 0 saturated carbocycles. The van der Waals surface area contributed by atoms with Crippen molar-refractivity contribution in [3.8, 4) is 0 Å². The topological polar surface area (TPSA) is 70.9 Å². The molecular formula is C12H15ClN6.